The van der Waals surface area contributed by atoms with Crippen LogP contribution in [-0.4, -0.2) is 15.7 Å². The van der Waals surface area contributed by atoms with Crippen molar-refractivity contribution in [1.29, 1.82) is 0 Å². The summed E-state index contributed by atoms with van der Waals surface area (Å²) in [5, 5.41) is 10.3. The Kier molecular flexibility index (Phi) is 5.72. The zero-order valence-corrected chi connectivity index (χ0v) is 17.8. The van der Waals surface area contributed by atoms with Crippen molar-refractivity contribution in [2.45, 2.75) is 47.2 Å². The van der Waals surface area contributed by atoms with Crippen molar-refractivity contribution in [2.24, 2.45) is 0 Å². The first-order valence-corrected chi connectivity index (χ1v) is 10.2. The molecule has 0 saturated carbocycles. The molecule has 1 N–H and O–H groups in total. The predicted molar refractivity (Wildman–Crippen MR) is 112 cm³/mol. The highest BCUT2D eigenvalue weighted by molar-refractivity contribution is 7.12. The molecule has 27 heavy (non-hydrogen) atoms. The molecule has 0 fully saturated rings. The summed E-state index contributed by atoms with van der Waals surface area (Å²) in [7, 11) is 0. The van der Waals surface area contributed by atoms with E-state index in [-0.39, 0.29) is 11.9 Å². The van der Waals surface area contributed by atoms with E-state index in [4.69, 9.17) is 11.6 Å². The van der Waals surface area contributed by atoms with Crippen molar-refractivity contribution < 1.29 is 4.79 Å². The maximum atomic E-state index is 12.7. The smallest absolute Gasteiger partial charge is 0.261 e. The number of carbonyl (C=O) groups excluding carboxylic acids is 1. The zero-order chi connectivity index (χ0) is 19.7. The molecule has 1 amide bonds. The van der Waals surface area contributed by atoms with Crippen LogP contribution in [0, 0.1) is 27.7 Å². The Morgan fingerprint density at radius 1 is 1.26 bits per heavy atom. The minimum atomic E-state index is -0.0508. The van der Waals surface area contributed by atoms with Gasteiger partial charge in [0.1, 0.15) is 0 Å². The average molecular weight is 402 g/mol. The lowest BCUT2D eigenvalue weighted by atomic mass is 10.0. The summed E-state index contributed by atoms with van der Waals surface area (Å²) < 4.78 is 1.87. The minimum absolute atomic E-state index is 0.0431. The number of aromatic nitrogens is 2. The largest absolute Gasteiger partial charge is 0.345 e. The number of nitrogens with zero attached hydrogens (tertiary/aromatic N) is 2. The normalized spacial score (nSPS) is 12.2. The molecule has 3 rings (SSSR count). The SMILES string of the molecule is Cc1ccc(C(C)NC(=O)c2cc(Cn3nc(C)c(Cl)c3C)cs2)c(C)c1. The molecule has 6 heteroatoms. The van der Waals surface area contributed by atoms with E-state index in [1.165, 1.54) is 22.5 Å². The van der Waals surface area contributed by atoms with E-state index in [1.807, 2.05) is 36.9 Å². The second kappa shape index (κ2) is 7.87. The molecule has 0 spiro atoms. The fourth-order valence-electron chi connectivity index (χ4n) is 3.24. The molecule has 2 aromatic heterocycles. The lowest BCUT2D eigenvalue weighted by molar-refractivity contribution is 0.0944. The summed E-state index contributed by atoms with van der Waals surface area (Å²) in [6.45, 7) is 10.6. The molecular formula is C21H24ClN3OS. The third-order valence-corrected chi connectivity index (χ3v) is 6.27. The molecule has 0 aliphatic rings. The van der Waals surface area contributed by atoms with Gasteiger partial charge in [-0.15, -0.1) is 11.3 Å². The maximum absolute atomic E-state index is 12.7. The maximum Gasteiger partial charge on any atom is 0.261 e. The van der Waals surface area contributed by atoms with Gasteiger partial charge < -0.3 is 5.32 Å². The summed E-state index contributed by atoms with van der Waals surface area (Å²) >= 11 is 7.66. The van der Waals surface area contributed by atoms with E-state index >= 15 is 0 Å². The van der Waals surface area contributed by atoms with Gasteiger partial charge in [-0.1, -0.05) is 35.4 Å². The Morgan fingerprint density at radius 3 is 2.63 bits per heavy atom. The van der Waals surface area contributed by atoms with Gasteiger partial charge in [0.25, 0.3) is 5.91 Å². The number of benzene rings is 1. The highest BCUT2D eigenvalue weighted by Crippen LogP contribution is 2.23. The molecular weight excluding hydrogens is 378 g/mol. The van der Waals surface area contributed by atoms with Gasteiger partial charge in [0.15, 0.2) is 0 Å². The second-order valence-corrected chi connectivity index (χ2v) is 8.31. The van der Waals surface area contributed by atoms with E-state index in [2.05, 4.69) is 42.5 Å². The molecule has 1 aromatic carbocycles. The molecule has 1 atom stereocenters. The lowest BCUT2D eigenvalue weighted by Crippen LogP contribution is -2.26. The fourth-order valence-corrected chi connectivity index (χ4v) is 4.18. The highest BCUT2D eigenvalue weighted by Gasteiger charge is 2.16. The van der Waals surface area contributed by atoms with Gasteiger partial charge in [0.2, 0.25) is 0 Å². The standard InChI is InChI=1S/C21H24ClN3OS/c1-12-6-7-18(13(2)8-12)14(3)23-21(26)19-9-17(11-27-19)10-25-16(5)20(22)15(4)24-25/h6-9,11,14H,10H2,1-5H3,(H,23,26). The first-order valence-electron chi connectivity index (χ1n) is 8.91. The molecule has 3 aromatic rings. The van der Waals surface area contributed by atoms with Gasteiger partial charge in [-0.25, -0.2) is 0 Å². The predicted octanol–water partition coefficient (Wildman–Crippen LogP) is 5.37. The number of carbonyl (C=O) groups is 1. The molecule has 0 bridgehead atoms. The number of thiophene rings is 1. The lowest BCUT2D eigenvalue weighted by Gasteiger charge is -2.16. The number of aryl methyl sites for hydroxylation is 3. The highest BCUT2D eigenvalue weighted by atomic mass is 35.5. The summed E-state index contributed by atoms with van der Waals surface area (Å²) in [6.07, 6.45) is 0. The summed E-state index contributed by atoms with van der Waals surface area (Å²) in [5.74, 6) is -0.0508. The van der Waals surface area contributed by atoms with Gasteiger partial charge in [-0.2, -0.15) is 5.10 Å². The first-order chi connectivity index (χ1) is 12.8. The van der Waals surface area contributed by atoms with E-state index in [0.29, 0.717) is 16.4 Å². The van der Waals surface area contributed by atoms with Crippen molar-refractivity contribution in [3.8, 4) is 0 Å². The molecule has 4 nitrogen and oxygen atoms in total. The van der Waals surface area contributed by atoms with E-state index in [9.17, 15) is 4.79 Å². The van der Waals surface area contributed by atoms with Crippen LogP contribution in [0.15, 0.2) is 29.6 Å². The molecule has 142 valence electrons. The number of amides is 1. The fraction of sp³-hybridized carbons (Fsp3) is 0.333. The zero-order valence-electron chi connectivity index (χ0n) is 16.3. The Balaban J connectivity index is 1.70. The average Bonchev–Trinajstić information content (AvgIpc) is 3.16. The third kappa shape index (κ3) is 4.25. The number of nitrogens with one attached hydrogen (secondary N) is 1. The summed E-state index contributed by atoms with van der Waals surface area (Å²) in [6, 6.07) is 8.19. The van der Waals surface area contributed by atoms with Crippen LogP contribution in [0.1, 0.15) is 56.3 Å². The first kappa shape index (κ1) is 19.6. The summed E-state index contributed by atoms with van der Waals surface area (Å²) in [5.41, 5.74) is 6.37. The minimum Gasteiger partial charge on any atom is -0.345 e. The van der Waals surface area contributed by atoms with Crippen LogP contribution in [0.5, 0.6) is 0 Å². The van der Waals surface area contributed by atoms with E-state index in [0.717, 1.165) is 22.5 Å². The third-order valence-electron chi connectivity index (χ3n) is 4.74. The van der Waals surface area contributed by atoms with Crippen LogP contribution in [0.4, 0.5) is 0 Å². The van der Waals surface area contributed by atoms with Crippen molar-refractivity contribution in [3.05, 3.63) is 73.2 Å². The van der Waals surface area contributed by atoms with Gasteiger partial charge >= 0.3 is 0 Å². The van der Waals surface area contributed by atoms with Gasteiger partial charge in [0, 0.05) is 0 Å². The molecule has 0 saturated heterocycles. The number of hydrogen-bond donors (Lipinski definition) is 1. The number of rotatable bonds is 5. The van der Waals surface area contributed by atoms with Gasteiger partial charge in [-0.3, -0.25) is 9.48 Å². The van der Waals surface area contributed by atoms with Crippen LogP contribution in [0.2, 0.25) is 5.02 Å². The summed E-state index contributed by atoms with van der Waals surface area (Å²) in [4.78, 5) is 13.4. The van der Waals surface area contributed by atoms with Crippen molar-refractivity contribution in [2.75, 3.05) is 0 Å². The molecule has 1 unspecified atom stereocenters. The van der Waals surface area contributed by atoms with E-state index in [1.54, 1.807) is 0 Å². The van der Waals surface area contributed by atoms with Crippen LogP contribution >= 0.6 is 22.9 Å². The quantitative estimate of drug-likeness (QED) is 0.624. The molecule has 2 heterocycles. The molecule has 0 radical (unpaired) electrons. The monoisotopic (exact) mass is 401 g/mol. The Hall–Kier alpha value is -2.11. The van der Waals surface area contributed by atoms with Crippen LogP contribution in [0.25, 0.3) is 0 Å². The number of hydrogen-bond acceptors (Lipinski definition) is 3. The number of halogens is 1. The van der Waals surface area contributed by atoms with Crippen molar-refractivity contribution >= 4 is 28.8 Å². The Morgan fingerprint density at radius 2 is 2.00 bits per heavy atom. The van der Waals surface area contributed by atoms with Crippen molar-refractivity contribution in [1.82, 2.24) is 15.1 Å². The Labute approximate surface area is 169 Å². The molecule has 0 aliphatic heterocycles. The second-order valence-electron chi connectivity index (χ2n) is 7.02. The van der Waals surface area contributed by atoms with Gasteiger partial charge in [-0.05, 0) is 62.8 Å². The van der Waals surface area contributed by atoms with Crippen LogP contribution in [-0.2, 0) is 6.54 Å². The molecule has 0 aliphatic carbocycles. The van der Waals surface area contributed by atoms with E-state index < -0.39 is 0 Å². The van der Waals surface area contributed by atoms with Crippen molar-refractivity contribution in [3.63, 3.8) is 0 Å². The topological polar surface area (TPSA) is 46.9 Å². The Bertz CT molecular complexity index is 989. The van der Waals surface area contributed by atoms with Crippen LogP contribution < -0.4 is 5.32 Å². The van der Waals surface area contributed by atoms with Crippen LogP contribution in [0.3, 0.4) is 0 Å². The van der Waals surface area contributed by atoms with Gasteiger partial charge in [0.05, 0.1) is 33.9 Å².